The minimum Gasteiger partial charge on any atom is -0.394 e. The fourth-order valence-corrected chi connectivity index (χ4v) is 4.94. The lowest BCUT2D eigenvalue weighted by molar-refractivity contribution is 0.0916. The first kappa shape index (κ1) is 29.8. The summed E-state index contributed by atoms with van der Waals surface area (Å²) < 4.78 is 30.8. The van der Waals surface area contributed by atoms with Gasteiger partial charge in [-0.25, -0.2) is 13.8 Å². The predicted molar refractivity (Wildman–Crippen MR) is 157 cm³/mol. The molecule has 1 atom stereocenters. The number of anilines is 1. The van der Waals surface area contributed by atoms with Crippen molar-refractivity contribution in [3.8, 4) is 11.1 Å². The van der Waals surface area contributed by atoms with E-state index in [0.29, 0.717) is 23.3 Å². The van der Waals surface area contributed by atoms with E-state index in [9.17, 15) is 23.2 Å². The number of halogens is 2. The van der Waals surface area contributed by atoms with Crippen LogP contribution in [0, 0.1) is 11.6 Å². The molecule has 1 aliphatic heterocycles. The van der Waals surface area contributed by atoms with Gasteiger partial charge in [0.2, 0.25) is 0 Å². The molecule has 1 fully saturated rings. The predicted octanol–water partition coefficient (Wildman–Crippen LogP) is 3.47. The minimum absolute atomic E-state index is 0.123. The second-order valence-corrected chi connectivity index (χ2v) is 10.5. The van der Waals surface area contributed by atoms with Crippen molar-refractivity contribution in [3.05, 3.63) is 89.4 Å². The number of hydrogen-bond donors (Lipinski definition) is 4. The van der Waals surface area contributed by atoms with Crippen LogP contribution < -0.4 is 16.0 Å². The molecule has 0 aliphatic carbocycles. The van der Waals surface area contributed by atoms with Crippen molar-refractivity contribution in [3.63, 3.8) is 0 Å². The normalized spacial score (nSPS) is 14.0. The summed E-state index contributed by atoms with van der Waals surface area (Å²) in [5.41, 5.74) is 1.51. The molecule has 4 N–H and O–H groups in total. The van der Waals surface area contributed by atoms with Crippen LogP contribution in [0.3, 0.4) is 0 Å². The molecule has 0 saturated carbocycles. The standard InChI is InChI=1S/C31H32F2N6O4/c1-19(18-40)36-30(42)23-6-4-20(14-25(23)33)21-8-12-39-27(17-35-28(39)16-21)31(43)37-26-15-22(5-7-24(26)32)29(41)34-9-13-38-10-2-3-11-38/h4-8,12,14-17,19,40H,2-3,9-11,13,18H2,1H3,(H,34,41)(H,36,42)(H,37,43). The highest BCUT2D eigenvalue weighted by Gasteiger charge is 2.19. The fraction of sp³-hybridized carbons (Fsp3) is 0.290. The summed E-state index contributed by atoms with van der Waals surface area (Å²) in [5, 5.41) is 17.0. The molecule has 3 heterocycles. The van der Waals surface area contributed by atoms with Crippen molar-refractivity contribution in [1.82, 2.24) is 24.9 Å². The van der Waals surface area contributed by atoms with Crippen LogP contribution >= 0.6 is 0 Å². The van der Waals surface area contributed by atoms with E-state index in [-0.39, 0.29) is 35.0 Å². The Morgan fingerprint density at radius 3 is 2.47 bits per heavy atom. The van der Waals surface area contributed by atoms with Gasteiger partial charge in [0, 0.05) is 30.9 Å². The average molecular weight is 591 g/mol. The number of aliphatic hydroxyl groups is 1. The smallest absolute Gasteiger partial charge is 0.274 e. The monoisotopic (exact) mass is 590 g/mol. The first-order chi connectivity index (χ1) is 20.7. The summed E-state index contributed by atoms with van der Waals surface area (Å²) >= 11 is 0. The van der Waals surface area contributed by atoms with Gasteiger partial charge in [-0.15, -0.1) is 0 Å². The van der Waals surface area contributed by atoms with E-state index in [1.807, 2.05) is 0 Å². The third-order valence-electron chi connectivity index (χ3n) is 7.33. The minimum atomic E-state index is -0.729. The van der Waals surface area contributed by atoms with Gasteiger partial charge < -0.3 is 26.0 Å². The number of nitrogens with one attached hydrogen (secondary N) is 3. The number of aliphatic hydroxyl groups excluding tert-OH is 1. The SMILES string of the molecule is CC(CO)NC(=O)c1ccc(-c2ccn3c(C(=O)Nc4cc(C(=O)NCCN5CCCC5)ccc4F)cnc3c2)cc1F. The highest BCUT2D eigenvalue weighted by Crippen LogP contribution is 2.25. The van der Waals surface area contributed by atoms with Crippen molar-refractivity contribution in [1.29, 1.82) is 0 Å². The zero-order valence-electron chi connectivity index (χ0n) is 23.6. The lowest BCUT2D eigenvalue weighted by Gasteiger charge is -2.15. The van der Waals surface area contributed by atoms with Gasteiger partial charge in [-0.3, -0.25) is 18.8 Å². The number of hydrogen-bond acceptors (Lipinski definition) is 6. The molecule has 10 nitrogen and oxygen atoms in total. The van der Waals surface area contributed by atoms with Crippen molar-refractivity contribution < 1.29 is 28.3 Å². The number of aromatic nitrogens is 2. The topological polar surface area (TPSA) is 128 Å². The van der Waals surface area contributed by atoms with Crippen LogP contribution in [-0.2, 0) is 0 Å². The van der Waals surface area contributed by atoms with E-state index in [2.05, 4.69) is 25.8 Å². The van der Waals surface area contributed by atoms with E-state index < -0.39 is 29.5 Å². The van der Waals surface area contributed by atoms with Gasteiger partial charge in [-0.05, 0) is 86.4 Å². The van der Waals surface area contributed by atoms with Crippen LogP contribution in [0.4, 0.5) is 14.5 Å². The Morgan fingerprint density at radius 2 is 1.72 bits per heavy atom. The molecule has 12 heteroatoms. The number of amides is 3. The van der Waals surface area contributed by atoms with Gasteiger partial charge >= 0.3 is 0 Å². The maximum Gasteiger partial charge on any atom is 0.274 e. The zero-order valence-corrected chi connectivity index (χ0v) is 23.6. The third kappa shape index (κ3) is 6.87. The van der Waals surface area contributed by atoms with Gasteiger partial charge in [0.1, 0.15) is 23.0 Å². The quantitative estimate of drug-likeness (QED) is 0.224. The third-order valence-corrected chi connectivity index (χ3v) is 7.33. The van der Waals surface area contributed by atoms with Crippen molar-refractivity contribution in [2.24, 2.45) is 0 Å². The van der Waals surface area contributed by atoms with Crippen LogP contribution in [0.5, 0.6) is 0 Å². The van der Waals surface area contributed by atoms with Crippen molar-refractivity contribution >= 4 is 29.1 Å². The molecule has 2 aromatic heterocycles. The Bertz CT molecular complexity index is 1670. The first-order valence-electron chi connectivity index (χ1n) is 14.0. The van der Waals surface area contributed by atoms with Crippen LogP contribution in [0.2, 0.25) is 0 Å². The first-order valence-corrected chi connectivity index (χ1v) is 14.0. The maximum atomic E-state index is 14.8. The summed E-state index contributed by atoms with van der Waals surface area (Å²) in [5.74, 6) is -3.05. The van der Waals surface area contributed by atoms with Crippen LogP contribution in [0.25, 0.3) is 16.8 Å². The molecular formula is C31H32F2N6O4. The molecule has 5 rings (SSSR count). The number of benzene rings is 2. The van der Waals surface area contributed by atoms with E-state index >= 15 is 0 Å². The molecule has 3 amide bonds. The molecule has 0 spiro atoms. The van der Waals surface area contributed by atoms with E-state index in [1.165, 1.54) is 34.9 Å². The molecule has 43 heavy (non-hydrogen) atoms. The molecule has 0 bridgehead atoms. The highest BCUT2D eigenvalue weighted by molar-refractivity contribution is 6.04. The Morgan fingerprint density at radius 1 is 0.953 bits per heavy atom. The Labute approximate surface area is 246 Å². The number of imidazole rings is 1. The van der Waals surface area contributed by atoms with Gasteiger partial charge in [0.25, 0.3) is 17.7 Å². The number of carbonyl (C=O) groups is 3. The molecule has 2 aromatic carbocycles. The van der Waals surface area contributed by atoms with Gasteiger partial charge in [0.15, 0.2) is 0 Å². The molecule has 1 aliphatic rings. The van der Waals surface area contributed by atoms with Crippen molar-refractivity contribution in [2.75, 3.05) is 38.1 Å². The maximum absolute atomic E-state index is 14.8. The van der Waals surface area contributed by atoms with Gasteiger partial charge in [0.05, 0.1) is 24.1 Å². The lowest BCUT2D eigenvalue weighted by atomic mass is 10.0. The second-order valence-electron chi connectivity index (χ2n) is 10.5. The Balaban J connectivity index is 1.28. The van der Waals surface area contributed by atoms with Crippen LogP contribution in [0.15, 0.2) is 60.9 Å². The summed E-state index contributed by atoms with van der Waals surface area (Å²) in [6.07, 6.45) is 5.22. The summed E-state index contributed by atoms with van der Waals surface area (Å²) in [7, 11) is 0. The number of rotatable bonds is 10. The Hall–Kier alpha value is -4.68. The molecule has 1 unspecified atom stereocenters. The second kappa shape index (κ2) is 13.1. The van der Waals surface area contributed by atoms with Crippen LogP contribution in [-0.4, -0.2) is 75.9 Å². The molecule has 1 saturated heterocycles. The number of likely N-dealkylation sites (tertiary alicyclic amines) is 1. The summed E-state index contributed by atoms with van der Waals surface area (Å²) in [4.78, 5) is 44.5. The average Bonchev–Trinajstić information content (AvgIpc) is 3.68. The number of pyridine rings is 1. The number of carbonyl (C=O) groups excluding carboxylic acids is 3. The molecular weight excluding hydrogens is 558 g/mol. The lowest BCUT2D eigenvalue weighted by Crippen LogP contribution is -2.35. The van der Waals surface area contributed by atoms with Crippen molar-refractivity contribution in [2.45, 2.75) is 25.8 Å². The molecule has 224 valence electrons. The zero-order chi connectivity index (χ0) is 30.5. The summed E-state index contributed by atoms with van der Waals surface area (Å²) in [6.45, 7) is 4.58. The van der Waals surface area contributed by atoms with E-state index in [0.717, 1.165) is 38.5 Å². The largest absolute Gasteiger partial charge is 0.394 e. The molecule has 0 radical (unpaired) electrons. The fourth-order valence-electron chi connectivity index (χ4n) is 4.94. The molecule has 4 aromatic rings. The van der Waals surface area contributed by atoms with Crippen LogP contribution in [0.1, 0.15) is 51.0 Å². The van der Waals surface area contributed by atoms with Gasteiger partial charge in [-0.2, -0.15) is 0 Å². The number of fused-ring (bicyclic) bond motifs is 1. The summed E-state index contributed by atoms with van der Waals surface area (Å²) in [6, 6.07) is 10.7. The van der Waals surface area contributed by atoms with E-state index in [4.69, 9.17) is 5.11 Å². The van der Waals surface area contributed by atoms with E-state index in [1.54, 1.807) is 31.3 Å². The highest BCUT2D eigenvalue weighted by atomic mass is 19.1. The van der Waals surface area contributed by atoms with Gasteiger partial charge in [-0.1, -0.05) is 6.07 Å². The number of nitrogens with zero attached hydrogens (tertiary/aromatic N) is 3. The Kier molecular flexibility index (Phi) is 9.07.